The third-order valence-electron chi connectivity index (χ3n) is 2.35. The van der Waals surface area contributed by atoms with Gasteiger partial charge in [0, 0.05) is 6.42 Å². The number of alkyl halides is 2. The summed E-state index contributed by atoms with van der Waals surface area (Å²) in [5, 5.41) is 2.40. The van der Waals surface area contributed by atoms with Crippen LogP contribution >= 0.6 is 0 Å². The molecule has 0 aromatic heterocycles. The van der Waals surface area contributed by atoms with E-state index in [0.717, 1.165) is 0 Å². The molecule has 0 amide bonds. The molecule has 0 radical (unpaired) electrons. The van der Waals surface area contributed by atoms with E-state index in [1.807, 2.05) is 0 Å². The number of sulfone groups is 1. The fourth-order valence-corrected chi connectivity index (χ4v) is 3.65. The minimum absolute atomic E-state index is 0.0628. The van der Waals surface area contributed by atoms with Gasteiger partial charge < -0.3 is 5.32 Å². The van der Waals surface area contributed by atoms with E-state index in [0.29, 0.717) is 6.42 Å². The molecule has 0 spiro atoms. The Balaban J connectivity index is 2.46. The normalized spacial score (nSPS) is 26.6. The van der Waals surface area contributed by atoms with Crippen LogP contribution in [0.5, 0.6) is 0 Å². The molecule has 1 atom stereocenters. The quantitative estimate of drug-likeness (QED) is 0.767. The van der Waals surface area contributed by atoms with Gasteiger partial charge in [0.15, 0.2) is 9.84 Å². The topological polar surface area (TPSA) is 46.2 Å². The predicted octanol–water partition coefficient (Wildman–Crippen LogP) is 0.666. The summed E-state index contributed by atoms with van der Waals surface area (Å²) in [6.45, 7) is -0.385. The first-order valence-corrected chi connectivity index (χ1v) is 6.40. The first-order chi connectivity index (χ1) is 6.35. The highest BCUT2D eigenvalue weighted by Crippen LogP contribution is 2.30. The summed E-state index contributed by atoms with van der Waals surface area (Å²) in [5.74, 6) is -3.18. The van der Waals surface area contributed by atoms with E-state index < -0.39 is 15.8 Å². The van der Waals surface area contributed by atoms with Crippen molar-refractivity contribution in [3.05, 3.63) is 0 Å². The minimum atomic E-state index is -3.04. The minimum Gasteiger partial charge on any atom is -0.314 e. The van der Waals surface area contributed by atoms with Gasteiger partial charge in [-0.15, -0.1) is 0 Å². The number of hydrogen-bond acceptors (Lipinski definition) is 3. The summed E-state index contributed by atoms with van der Waals surface area (Å²) in [5.41, 5.74) is 0. The summed E-state index contributed by atoms with van der Waals surface area (Å²) in [6.07, 6.45) is 0.0503. The second kappa shape index (κ2) is 4.10. The molecule has 0 bridgehead atoms. The summed E-state index contributed by atoms with van der Waals surface area (Å²) < 4.78 is 48.2. The Bertz CT molecular complexity index is 290. The molecular weight excluding hydrogens is 212 g/mol. The third kappa shape index (κ3) is 3.49. The molecule has 14 heavy (non-hydrogen) atoms. The molecule has 1 saturated heterocycles. The number of halogens is 2. The molecule has 1 aliphatic heterocycles. The molecule has 1 N–H and O–H groups in total. The zero-order valence-electron chi connectivity index (χ0n) is 8.09. The average molecular weight is 227 g/mol. The summed E-state index contributed by atoms with van der Waals surface area (Å²) >= 11 is 0. The maximum Gasteiger partial charge on any atom is 0.260 e. The van der Waals surface area contributed by atoms with Gasteiger partial charge in [-0.2, -0.15) is 0 Å². The number of nitrogens with one attached hydrogen (secondary N) is 1. The molecular formula is C8H15F2NO2S. The second-order valence-electron chi connectivity index (χ2n) is 3.86. The largest absolute Gasteiger partial charge is 0.314 e. The van der Waals surface area contributed by atoms with Crippen LogP contribution in [0, 0.1) is 5.92 Å². The van der Waals surface area contributed by atoms with Crippen molar-refractivity contribution >= 4 is 9.84 Å². The maximum atomic E-state index is 13.1. The van der Waals surface area contributed by atoms with Crippen LogP contribution in [0.2, 0.25) is 0 Å². The molecule has 0 aliphatic carbocycles. The molecule has 0 aromatic rings. The molecule has 0 saturated carbocycles. The predicted molar refractivity (Wildman–Crippen MR) is 50.3 cm³/mol. The van der Waals surface area contributed by atoms with E-state index in [-0.39, 0.29) is 30.4 Å². The first kappa shape index (κ1) is 11.8. The lowest BCUT2D eigenvalue weighted by atomic mass is 10.0. The first-order valence-electron chi connectivity index (χ1n) is 4.57. The Morgan fingerprint density at radius 2 is 2.14 bits per heavy atom. The van der Waals surface area contributed by atoms with Crippen LogP contribution in [0.3, 0.4) is 0 Å². The Kier molecular flexibility index (Phi) is 3.47. The van der Waals surface area contributed by atoms with Crippen molar-refractivity contribution in [3.8, 4) is 0 Å². The van der Waals surface area contributed by atoms with Crippen LogP contribution in [0.4, 0.5) is 8.78 Å². The number of hydrogen-bond donors (Lipinski definition) is 1. The summed E-state index contributed by atoms with van der Waals surface area (Å²) in [4.78, 5) is 0. The Morgan fingerprint density at radius 1 is 1.50 bits per heavy atom. The van der Waals surface area contributed by atoms with Gasteiger partial charge in [-0.1, -0.05) is 0 Å². The molecule has 0 aromatic carbocycles. The van der Waals surface area contributed by atoms with Gasteiger partial charge in [-0.05, 0) is 19.4 Å². The molecule has 1 fully saturated rings. The maximum absolute atomic E-state index is 13.1. The van der Waals surface area contributed by atoms with Gasteiger partial charge in [-0.25, -0.2) is 17.2 Å². The van der Waals surface area contributed by atoms with Crippen molar-refractivity contribution in [3.63, 3.8) is 0 Å². The lowest BCUT2D eigenvalue weighted by Crippen LogP contribution is -2.32. The molecule has 3 nitrogen and oxygen atoms in total. The van der Waals surface area contributed by atoms with Crippen LogP contribution in [-0.2, 0) is 9.84 Å². The molecule has 1 rings (SSSR count). The van der Waals surface area contributed by atoms with Crippen molar-refractivity contribution in [1.29, 1.82) is 0 Å². The van der Waals surface area contributed by atoms with Crippen molar-refractivity contribution in [2.45, 2.75) is 18.8 Å². The van der Waals surface area contributed by atoms with Crippen LogP contribution in [0.1, 0.15) is 12.8 Å². The van der Waals surface area contributed by atoms with E-state index in [4.69, 9.17) is 0 Å². The molecule has 84 valence electrons. The SMILES string of the molecule is CNCC(F)(F)CC1CCS(=O)(=O)C1. The van der Waals surface area contributed by atoms with Crippen molar-refractivity contribution in [2.75, 3.05) is 25.1 Å². The highest BCUT2D eigenvalue weighted by Gasteiger charge is 2.37. The Hall–Kier alpha value is -0.230. The van der Waals surface area contributed by atoms with Crippen molar-refractivity contribution in [2.24, 2.45) is 5.92 Å². The summed E-state index contributed by atoms with van der Waals surface area (Å²) in [7, 11) is -1.58. The number of rotatable bonds is 4. The van der Waals surface area contributed by atoms with Gasteiger partial charge in [0.25, 0.3) is 5.92 Å². The van der Waals surface area contributed by atoms with Gasteiger partial charge in [0.2, 0.25) is 0 Å². The molecule has 6 heteroatoms. The average Bonchev–Trinajstić information content (AvgIpc) is 2.28. The Labute approximate surface area is 82.8 Å². The van der Waals surface area contributed by atoms with Gasteiger partial charge in [0.05, 0.1) is 18.1 Å². The van der Waals surface area contributed by atoms with E-state index in [2.05, 4.69) is 5.32 Å². The smallest absolute Gasteiger partial charge is 0.260 e. The summed E-state index contributed by atoms with van der Waals surface area (Å²) in [6, 6.07) is 0. The fourth-order valence-electron chi connectivity index (χ4n) is 1.79. The second-order valence-corrected chi connectivity index (χ2v) is 6.09. The molecule has 1 aliphatic rings. The zero-order valence-corrected chi connectivity index (χ0v) is 8.91. The van der Waals surface area contributed by atoms with E-state index >= 15 is 0 Å². The van der Waals surface area contributed by atoms with Crippen LogP contribution in [0.25, 0.3) is 0 Å². The molecule has 1 heterocycles. The lowest BCUT2D eigenvalue weighted by Gasteiger charge is -2.18. The van der Waals surface area contributed by atoms with Crippen LogP contribution in [-0.4, -0.2) is 39.4 Å². The van der Waals surface area contributed by atoms with Crippen LogP contribution < -0.4 is 5.32 Å². The standard InChI is InChI=1S/C8H15F2NO2S/c1-11-6-8(9,10)4-7-2-3-14(12,13)5-7/h7,11H,2-6H2,1H3. The van der Waals surface area contributed by atoms with Crippen LogP contribution in [0.15, 0.2) is 0 Å². The van der Waals surface area contributed by atoms with Crippen molar-refractivity contribution in [1.82, 2.24) is 5.32 Å². The zero-order chi connectivity index (χ0) is 10.8. The monoisotopic (exact) mass is 227 g/mol. The molecule has 1 unspecified atom stereocenters. The lowest BCUT2D eigenvalue weighted by molar-refractivity contribution is -0.0170. The highest BCUT2D eigenvalue weighted by molar-refractivity contribution is 7.91. The van der Waals surface area contributed by atoms with Crippen molar-refractivity contribution < 1.29 is 17.2 Å². The van der Waals surface area contributed by atoms with Gasteiger partial charge in [-0.3, -0.25) is 0 Å². The van der Waals surface area contributed by atoms with E-state index in [1.54, 1.807) is 0 Å². The van der Waals surface area contributed by atoms with Gasteiger partial charge in [0.1, 0.15) is 0 Å². The fraction of sp³-hybridized carbons (Fsp3) is 1.00. The van der Waals surface area contributed by atoms with E-state index in [9.17, 15) is 17.2 Å². The Morgan fingerprint density at radius 3 is 2.57 bits per heavy atom. The highest BCUT2D eigenvalue weighted by atomic mass is 32.2. The van der Waals surface area contributed by atoms with Gasteiger partial charge >= 0.3 is 0 Å². The third-order valence-corrected chi connectivity index (χ3v) is 4.19. The van der Waals surface area contributed by atoms with E-state index in [1.165, 1.54) is 7.05 Å².